The Hall–Kier alpha value is -2.08. The van der Waals surface area contributed by atoms with Crippen molar-refractivity contribution in [1.29, 1.82) is 0 Å². The molecule has 0 saturated heterocycles. The molecule has 0 aliphatic carbocycles. The van der Waals surface area contributed by atoms with Crippen LogP contribution in [-0.4, -0.2) is 11.8 Å². The molecule has 0 unspecified atom stereocenters. The number of terminal acetylenes is 1. The Bertz CT molecular complexity index is 469. The number of hydrogen-bond donors (Lipinski definition) is 1. The number of carbonyl (C=O) groups is 2. The second-order valence-electron chi connectivity index (χ2n) is 3.04. The average molecular weight is 185 g/mol. The number of amides is 2. The molecule has 68 valence electrons. The van der Waals surface area contributed by atoms with E-state index in [-0.39, 0.29) is 11.8 Å². The van der Waals surface area contributed by atoms with Crippen LogP contribution in [0.1, 0.15) is 26.3 Å². The van der Waals surface area contributed by atoms with Gasteiger partial charge in [-0.2, -0.15) is 0 Å². The quantitative estimate of drug-likeness (QED) is 0.518. The van der Waals surface area contributed by atoms with Gasteiger partial charge < -0.3 is 0 Å². The van der Waals surface area contributed by atoms with Gasteiger partial charge in [0.15, 0.2) is 0 Å². The predicted octanol–water partition coefficient (Wildman–Crippen LogP) is 0.746. The van der Waals surface area contributed by atoms with Gasteiger partial charge in [-0.1, -0.05) is 6.07 Å². The lowest BCUT2D eigenvalue weighted by Crippen LogP contribution is -2.19. The summed E-state index contributed by atoms with van der Waals surface area (Å²) in [6.07, 6.45) is 5.62. The van der Waals surface area contributed by atoms with E-state index < -0.39 is 0 Å². The molecule has 0 fully saturated rings. The van der Waals surface area contributed by atoms with Crippen LogP contribution in [0.15, 0.2) is 18.2 Å². The SMILES string of the molecule is C#CCc1ccc2c(c1)C(=O)NC2=O. The first kappa shape index (κ1) is 8.52. The summed E-state index contributed by atoms with van der Waals surface area (Å²) in [6, 6.07) is 5.05. The van der Waals surface area contributed by atoms with Gasteiger partial charge in [0.2, 0.25) is 0 Å². The van der Waals surface area contributed by atoms with Crippen LogP contribution in [0.25, 0.3) is 0 Å². The van der Waals surface area contributed by atoms with Gasteiger partial charge in [0.25, 0.3) is 11.8 Å². The van der Waals surface area contributed by atoms with Crippen LogP contribution in [0, 0.1) is 12.3 Å². The Balaban J connectivity index is 2.51. The van der Waals surface area contributed by atoms with Gasteiger partial charge in [-0.3, -0.25) is 14.9 Å². The number of imide groups is 1. The van der Waals surface area contributed by atoms with Gasteiger partial charge in [-0.15, -0.1) is 12.3 Å². The van der Waals surface area contributed by atoms with E-state index >= 15 is 0 Å². The minimum Gasteiger partial charge on any atom is -0.288 e. The molecule has 3 nitrogen and oxygen atoms in total. The summed E-state index contributed by atoms with van der Waals surface area (Å²) in [4.78, 5) is 22.4. The van der Waals surface area contributed by atoms with E-state index in [1.807, 2.05) is 0 Å². The first-order chi connectivity index (χ1) is 6.72. The van der Waals surface area contributed by atoms with E-state index in [1.165, 1.54) is 0 Å². The second-order valence-corrected chi connectivity index (χ2v) is 3.04. The molecule has 1 heterocycles. The summed E-state index contributed by atoms with van der Waals surface area (Å²) in [7, 11) is 0. The van der Waals surface area contributed by atoms with Crippen LogP contribution >= 0.6 is 0 Å². The highest BCUT2D eigenvalue weighted by atomic mass is 16.2. The van der Waals surface area contributed by atoms with Crippen LogP contribution in [0.3, 0.4) is 0 Å². The third kappa shape index (κ3) is 1.17. The Morgan fingerprint density at radius 1 is 1.21 bits per heavy atom. The minimum absolute atomic E-state index is 0.336. The van der Waals surface area contributed by atoms with Crippen molar-refractivity contribution in [2.75, 3.05) is 0 Å². The molecule has 0 saturated carbocycles. The third-order valence-corrected chi connectivity index (χ3v) is 2.11. The van der Waals surface area contributed by atoms with E-state index in [4.69, 9.17) is 6.42 Å². The number of benzene rings is 1. The molecular weight excluding hydrogens is 178 g/mol. The van der Waals surface area contributed by atoms with Crippen molar-refractivity contribution in [2.24, 2.45) is 0 Å². The van der Waals surface area contributed by atoms with Gasteiger partial charge >= 0.3 is 0 Å². The zero-order valence-electron chi connectivity index (χ0n) is 7.33. The minimum atomic E-state index is -0.344. The Kier molecular flexibility index (Phi) is 1.83. The highest BCUT2D eigenvalue weighted by Crippen LogP contribution is 2.17. The van der Waals surface area contributed by atoms with Gasteiger partial charge in [-0.05, 0) is 17.7 Å². The topological polar surface area (TPSA) is 46.2 Å². The molecule has 0 aromatic heterocycles. The first-order valence-corrected chi connectivity index (χ1v) is 4.14. The maximum Gasteiger partial charge on any atom is 0.258 e. The number of fused-ring (bicyclic) bond motifs is 1. The van der Waals surface area contributed by atoms with Gasteiger partial charge in [-0.25, -0.2) is 0 Å². The summed E-state index contributed by atoms with van der Waals surface area (Å²) >= 11 is 0. The number of nitrogens with one attached hydrogen (secondary N) is 1. The highest BCUT2D eigenvalue weighted by Gasteiger charge is 2.26. The fourth-order valence-corrected chi connectivity index (χ4v) is 1.44. The maximum atomic E-state index is 11.2. The lowest BCUT2D eigenvalue weighted by Gasteiger charge is -1.97. The standard InChI is InChI=1S/C11H7NO2/c1-2-3-7-4-5-8-9(6-7)11(14)12-10(8)13/h1,4-6H,3H2,(H,12,13,14). The zero-order valence-corrected chi connectivity index (χ0v) is 7.33. The van der Waals surface area contributed by atoms with Crippen LogP contribution in [0.5, 0.6) is 0 Å². The largest absolute Gasteiger partial charge is 0.288 e. The van der Waals surface area contributed by atoms with Crippen LogP contribution < -0.4 is 5.32 Å². The number of carbonyl (C=O) groups excluding carboxylic acids is 2. The zero-order chi connectivity index (χ0) is 10.1. The van der Waals surface area contributed by atoms with Crippen LogP contribution in [0.2, 0.25) is 0 Å². The monoisotopic (exact) mass is 185 g/mol. The fraction of sp³-hybridized carbons (Fsp3) is 0.0909. The predicted molar refractivity (Wildman–Crippen MR) is 50.8 cm³/mol. The lowest BCUT2D eigenvalue weighted by molar-refractivity contribution is 0.0879. The molecule has 1 aromatic carbocycles. The third-order valence-electron chi connectivity index (χ3n) is 2.11. The summed E-state index contributed by atoms with van der Waals surface area (Å²) in [5.74, 6) is 1.81. The molecular formula is C11H7NO2. The molecule has 2 amide bonds. The molecule has 1 aliphatic rings. The van der Waals surface area contributed by atoms with E-state index in [2.05, 4.69) is 11.2 Å². The molecule has 14 heavy (non-hydrogen) atoms. The normalized spacial score (nSPS) is 13.4. The van der Waals surface area contributed by atoms with Crippen LogP contribution in [0.4, 0.5) is 0 Å². The molecule has 3 heteroatoms. The summed E-state index contributed by atoms with van der Waals surface area (Å²) in [5, 5.41) is 2.22. The summed E-state index contributed by atoms with van der Waals surface area (Å²) < 4.78 is 0. The van der Waals surface area contributed by atoms with E-state index in [0.717, 1.165) is 5.56 Å². The molecule has 0 radical (unpaired) electrons. The number of hydrogen-bond acceptors (Lipinski definition) is 2. The van der Waals surface area contributed by atoms with Crippen molar-refractivity contribution in [3.05, 3.63) is 34.9 Å². The molecule has 0 spiro atoms. The van der Waals surface area contributed by atoms with E-state index in [1.54, 1.807) is 18.2 Å². The molecule has 0 bridgehead atoms. The summed E-state index contributed by atoms with van der Waals surface area (Å²) in [5.41, 5.74) is 1.72. The Morgan fingerprint density at radius 3 is 2.64 bits per heavy atom. The number of rotatable bonds is 1. The molecule has 0 atom stereocenters. The Morgan fingerprint density at radius 2 is 1.93 bits per heavy atom. The molecule has 2 rings (SSSR count). The van der Waals surface area contributed by atoms with E-state index in [0.29, 0.717) is 17.5 Å². The van der Waals surface area contributed by atoms with Gasteiger partial charge in [0.05, 0.1) is 11.1 Å². The maximum absolute atomic E-state index is 11.2. The molecule has 1 aliphatic heterocycles. The summed E-state index contributed by atoms with van der Waals surface area (Å²) in [6.45, 7) is 0. The van der Waals surface area contributed by atoms with Crippen molar-refractivity contribution in [1.82, 2.24) is 5.32 Å². The van der Waals surface area contributed by atoms with Crippen molar-refractivity contribution >= 4 is 11.8 Å². The van der Waals surface area contributed by atoms with Crippen LogP contribution in [-0.2, 0) is 6.42 Å². The van der Waals surface area contributed by atoms with Crippen molar-refractivity contribution in [3.8, 4) is 12.3 Å². The van der Waals surface area contributed by atoms with Crippen molar-refractivity contribution in [3.63, 3.8) is 0 Å². The second kappa shape index (κ2) is 3.00. The fourth-order valence-electron chi connectivity index (χ4n) is 1.44. The lowest BCUT2D eigenvalue weighted by atomic mass is 10.0. The van der Waals surface area contributed by atoms with Gasteiger partial charge in [0.1, 0.15) is 0 Å². The van der Waals surface area contributed by atoms with Crippen molar-refractivity contribution < 1.29 is 9.59 Å². The smallest absolute Gasteiger partial charge is 0.258 e. The average Bonchev–Trinajstić information content (AvgIpc) is 2.43. The van der Waals surface area contributed by atoms with E-state index in [9.17, 15) is 9.59 Å². The highest BCUT2D eigenvalue weighted by molar-refractivity contribution is 6.21. The molecule has 1 aromatic rings. The Labute approximate surface area is 81.1 Å². The molecule has 1 N–H and O–H groups in total. The van der Waals surface area contributed by atoms with Gasteiger partial charge in [0, 0.05) is 6.42 Å². The van der Waals surface area contributed by atoms with Crippen molar-refractivity contribution in [2.45, 2.75) is 6.42 Å². The first-order valence-electron chi connectivity index (χ1n) is 4.14.